The predicted octanol–water partition coefficient (Wildman–Crippen LogP) is 1.86. The maximum atomic E-state index is 5.56. The fourth-order valence-electron chi connectivity index (χ4n) is 1.26. The van der Waals surface area contributed by atoms with Gasteiger partial charge in [0.15, 0.2) is 5.82 Å². The number of nitrogens with zero attached hydrogens (tertiary/aromatic N) is 3. The molecule has 0 spiro atoms. The lowest BCUT2D eigenvalue weighted by molar-refractivity contribution is 1.05. The van der Waals surface area contributed by atoms with Crippen molar-refractivity contribution in [3.05, 3.63) is 15.5 Å². The van der Waals surface area contributed by atoms with Crippen molar-refractivity contribution in [1.82, 2.24) is 19.9 Å². The second-order valence-electron chi connectivity index (χ2n) is 3.01. The van der Waals surface area contributed by atoms with Crippen molar-refractivity contribution in [3.63, 3.8) is 0 Å². The molecule has 0 atom stereocenters. The van der Waals surface area contributed by atoms with Gasteiger partial charge in [-0.1, -0.05) is 0 Å². The summed E-state index contributed by atoms with van der Waals surface area (Å²) in [6, 6.07) is 0. The molecule has 2 heterocycles. The first-order valence-electron chi connectivity index (χ1n) is 4.24. The Hall–Kier alpha value is -1.34. The highest BCUT2D eigenvalue weighted by molar-refractivity contribution is 7.71. The Morgan fingerprint density at radius 2 is 2.00 bits per heavy atom. The van der Waals surface area contributed by atoms with Crippen molar-refractivity contribution >= 4 is 29.5 Å². The average molecular weight is 239 g/mol. The molecule has 0 fully saturated rings. The first-order chi connectivity index (χ1) is 7.06. The molecule has 0 unspecified atom stereocenters. The molecule has 0 bridgehead atoms. The van der Waals surface area contributed by atoms with Gasteiger partial charge < -0.3 is 10.7 Å². The third kappa shape index (κ3) is 2.02. The Bertz CT molecular complexity index is 556. The first kappa shape index (κ1) is 10.2. The number of hydrogen-bond donors (Lipinski definition) is 2. The van der Waals surface area contributed by atoms with Crippen LogP contribution in [0.5, 0.6) is 0 Å². The molecule has 7 heteroatoms. The molecule has 0 aliphatic rings. The second kappa shape index (κ2) is 3.67. The van der Waals surface area contributed by atoms with Crippen LogP contribution in [0.1, 0.15) is 10.7 Å². The molecule has 0 amide bonds. The topological polar surface area (TPSA) is 80.5 Å². The summed E-state index contributed by atoms with van der Waals surface area (Å²) >= 11 is 6.45. The zero-order chi connectivity index (χ0) is 11.0. The minimum atomic E-state index is 0.242. The molecule has 78 valence electrons. The lowest BCUT2D eigenvalue weighted by atomic mass is 10.4. The van der Waals surface area contributed by atoms with E-state index in [-0.39, 0.29) is 10.7 Å². The number of thiazole rings is 1. The van der Waals surface area contributed by atoms with Crippen LogP contribution in [0, 0.1) is 18.6 Å². The molecule has 0 aliphatic heterocycles. The van der Waals surface area contributed by atoms with Crippen molar-refractivity contribution in [2.75, 3.05) is 5.73 Å². The lowest BCUT2D eigenvalue weighted by Crippen LogP contribution is -1.99. The van der Waals surface area contributed by atoms with Gasteiger partial charge in [-0.3, -0.25) is 0 Å². The molecule has 3 N–H and O–H groups in total. The molecule has 0 saturated carbocycles. The monoisotopic (exact) mass is 239 g/mol. The highest BCUT2D eigenvalue weighted by Gasteiger charge is 2.10. The summed E-state index contributed by atoms with van der Waals surface area (Å²) < 4.78 is 0.242. The quantitative estimate of drug-likeness (QED) is 0.742. The largest absolute Gasteiger partial charge is 0.369 e. The minimum absolute atomic E-state index is 0.242. The van der Waals surface area contributed by atoms with E-state index in [2.05, 4.69) is 19.9 Å². The highest BCUT2D eigenvalue weighted by atomic mass is 32.1. The Morgan fingerprint density at radius 3 is 2.53 bits per heavy atom. The molecule has 2 aromatic heterocycles. The summed E-state index contributed by atoms with van der Waals surface area (Å²) in [5.74, 6) is 0.908. The van der Waals surface area contributed by atoms with Crippen LogP contribution in [0.25, 0.3) is 10.7 Å². The Labute approximate surface area is 95.4 Å². The van der Waals surface area contributed by atoms with Crippen LogP contribution in [0.2, 0.25) is 0 Å². The number of aromatic amines is 1. The lowest BCUT2D eigenvalue weighted by Gasteiger charge is -1.99. The smallest absolute Gasteiger partial charge is 0.224 e. The molecule has 0 radical (unpaired) electrons. The number of H-pyrrole nitrogens is 1. The van der Waals surface area contributed by atoms with E-state index in [1.165, 1.54) is 0 Å². The number of nitrogens with two attached hydrogens (primary N) is 1. The summed E-state index contributed by atoms with van der Waals surface area (Å²) in [6.45, 7) is 3.87. The summed E-state index contributed by atoms with van der Waals surface area (Å²) in [6.07, 6.45) is 0. The number of nitrogen functional groups attached to an aromatic ring is 1. The summed E-state index contributed by atoms with van der Waals surface area (Å²) in [5, 5.41) is 0.985. The molecule has 2 rings (SSSR count). The van der Waals surface area contributed by atoms with Gasteiger partial charge in [-0.25, -0.2) is 4.98 Å². The molecule has 0 aromatic carbocycles. The normalized spacial score (nSPS) is 10.5. The van der Waals surface area contributed by atoms with Crippen LogP contribution in [0.4, 0.5) is 5.95 Å². The van der Waals surface area contributed by atoms with Gasteiger partial charge in [-0.15, -0.1) is 11.3 Å². The zero-order valence-electron chi connectivity index (χ0n) is 8.24. The van der Waals surface area contributed by atoms with Crippen LogP contribution >= 0.6 is 23.6 Å². The Kier molecular flexibility index (Phi) is 2.49. The van der Waals surface area contributed by atoms with Crippen LogP contribution in [0.15, 0.2) is 0 Å². The van der Waals surface area contributed by atoms with E-state index in [0.29, 0.717) is 5.82 Å². The average Bonchev–Trinajstić information content (AvgIpc) is 2.43. The third-order valence-corrected chi connectivity index (χ3v) is 3.05. The van der Waals surface area contributed by atoms with Gasteiger partial charge in [0.1, 0.15) is 0 Å². The van der Waals surface area contributed by atoms with E-state index in [9.17, 15) is 0 Å². The van der Waals surface area contributed by atoms with Gasteiger partial charge in [0.2, 0.25) is 10.7 Å². The molecular weight excluding hydrogens is 230 g/mol. The van der Waals surface area contributed by atoms with E-state index < -0.39 is 0 Å². The number of hydrogen-bond acceptors (Lipinski definition) is 6. The predicted molar refractivity (Wildman–Crippen MR) is 62.2 cm³/mol. The standard InChI is InChI=1S/C8H9N5S2/c1-3-5(15-4(2)10-3)6-11-7(9)13-8(14)12-6/h1-2H3,(H3,9,11,12,13,14). The van der Waals surface area contributed by atoms with Crippen molar-refractivity contribution < 1.29 is 0 Å². The van der Waals surface area contributed by atoms with Crippen LogP contribution in [-0.4, -0.2) is 19.9 Å². The molecular formula is C8H9N5S2. The summed E-state index contributed by atoms with van der Waals surface area (Å²) in [7, 11) is 0. The summed E-state index contributed by atoms with van der Waals surface area (Å²) in [5.41, 5.74) is 6.48. The number of rotatable bonds is 1. The fourth-order valence-corrected chi connectivity index (χ4v) is 2.31. The number of aryl methyl sites for hydroxylation is 2. The number of aromatic nitrogens is 4. The van der Waals surface area contributed by atoms with E-state index in [0.717, 1.165) is 15.6 Å². The molecule has 15 heavy (non-hydrogen) atoms. The number of nitrogens with one attached hydrogen (secondary N) is 1. The second-order valence-corrected chi connectivity index (χ2v) is 4.58. The van der Waals surface area contributed by atoms with Crippen molar-refractivity contribution in [3.8, 4) is 10.7 Å². The minimum Gasteiger partial charge on any atom is -0.369 e. The van der Waals surface area contributed by atoms with E-state index in [1.54, 1.807) is 11.3 Å². The SMILES string of the molecule is Cc1nc(C)c(-c2nc(=S)nc(N)[nH]2)s1. The third-order valence-electron chi connectivity index (χ3n) is 1.79. The van der Waals surface area contributed by atoms with Crippen molar-refractivity contribution in [2.24, 2.45) is 0 Å². The van der Waals surface area contributed by atoms with Gasteiger partial charge in [0.25, 0.3) is 0 Å². The number of anilines is 1. The van der Waals surface area contributed by atoms with Crippen molar-refractivity contribution in [2.45, 2.75) is 13.8 Å². The first-order valence-corrected chi connectivity index (χ1v) is 5.47. The molecule has 5 nitrogen and oxygen atoms in total. The highest BCUT2D eigenvalue weighted by Crippen LogP contribution is 2.26. The van der Waals surface area contributed by atoms with Crippen molar-refractivity contribution in [1.29, 1.82) is 0 Å². The molecule has 2 aromatic rings. The fraction of sp³-hybridized carbons (Fsp3) is 0.250. The van der Waals surface area contributed by atoms with Crippen LogP contribution in [-0.2, 0) is 0 Å². The van der Waals surface area contributed by atoms with Gasteiger partial charge in [-0.2, -0.15) is 9.97 Å². The van der Waals surface area contributed by atoms with Crippen LogP contribution < -0.4 is 5.73 Å². The Balaban J connectivity index is 2.63. The Morgan fingerprint density at radius 1 is 1.27 bits per heavy atom. The molecule has 0 aliphatic carbocycles. The van der Waals surface area contributed by atoms with E-state index in [1.807, 2.05) is 13.8 Å². The van der Waals surface area contributed by atoms with Gasteiger partial charge in [0.05, 0.1) is 15.6 Å². The molecule has 0 saturated heterocycles. The van der Waals surface area contributed by atoms with Gasteiger partial charge >= 0.3 is 0 Å². The van der Waals surface area contributed by atoms with Gasteiger partial charge in [-0.05, 0) is 26.1 Å². The van der Waals surface area contributed by atoms with Crippen LogP contribution in [0.3, 0.4) is 0 Å². The van der Waals surface area contributed by atoms with E-state index >= 15 is 0 Å². The summed E-state index contributed by atoms with van der Waals surface area (Å²) in [4.78, 5) is 16.1. The van der Waals surface area contributed by atoms with Gasteiger partial charge in [0, 0.05) is 0 Å². The van der Waals surface area contributed by atoms with E-state index in [4.69, 9.17) is 18.0 Å². The zero-order valence-corrected chi connectivity index (χ0v) is 9.87. The maximum absolute atomic E-state index is 5.56. The maximum Gasteiger partial charge on any atom is 0.224 e.